The first-order valence-corrected chi connectivity index (χ1v) is 6.27. The Morgan fingerprint density at radius 2 is 2.05 bits per heavy atom. The van der Waals surface area contributed by atoms with Gasteiger partial charge in [0.15, 0.2) is 5.82 Å². The minimum absolute atomic E-state index is 0.141. The summed E-state index contributed by atoms with van der Waals surface area (Å²) in [7, 11) is 0. The maximum Gasteiger partial charge on any atom is 0.309 e. The minimum Gasteiger partial charge on any atom is -0.481 e. The second kappa shape index (κ2) is 6.32. The predicted octanol–water partition coefficient (Wildman–Crippen LogP) is 2.75. The molecule has 0 saturated carbocycles. The zero-order valence-corrected chi connectivity index (χ0v) is 11.4. The van der Waals surface area contributed by atoms with Crippen LogP contribution in [0.5, 0.6) is 0 Å². The second-order valence-corrected chi connectivity index (χ2v) is 4.57. The van der Waals surface area contributed by atoms with Crippen molar-refractivity contribution in [2.24, 2.45) is 0 Å². The van der Waals surface area contributed by atoms with E-state index in [0.29, 0.717) is 11.4 Å². The van der Waals surface area contributed by atoms with E-state index in [-0.39, 0.29) is 17.0 Å². The fourth-order valence-corrected chi connectivity index (χ4v) is 1.81. The fraction of sp³-hybridized carbons (Fsp3) is 0.0714. The number of carboxylic acids is 1. The number of benzene rings is 1. The van der Waals surface area contributed by atoms with Gasteiger partial charge in [-0.05, 0) is 24.3 Å². The lowest BCUT2D eigenvalue weighted by Gasteiger charge is -2.07. The predicted molar refractivity (Wildman–Crippen MR) is 74.9 cm³/mol. The van der Waals surface area contributed by atoms with E-state index < -0.39 is 17.7 Å². The van der Waals surface area contributed by atoms with Crippen LogP contribution in [0.4, 0.5) is 10.1 Å². The van der Waals surface area contributed by atoms with Crippen LogP contribution >= 0.6 is 11.6 Å². The van der Waals surface area contributed by atoms with Crippen molar-refractivity contribution >= 4 is 29.2 Å². The molecule has 0 bridgehead atoms. The van der Waals surface area contributed by atoms with Crippen molar-refractivity contribution in [3.63, 3.8) is 0 Å². The highest BCUT2D eigenvalue weighted by Gasteiger charge is 2.14. The minimum atomic E-state index is -1.000. The molecule has 2 rings (SSSR count). The highest BCUT2D eigenvalue weighted by atomic mass is 35.5. The Bertz CT molecular complexity index is 689. The molecule has 5 nitrogen and oxygen atoms in total. The van der Waals surface area contributed by atoms with E-state index in [4.69, 9.17) is 16.7 Å². The highest BCUT2D eigenvalue weighted by molar-refractivity contribution is 6.31. The number of halogens is 2. The number of carbonyl (C=O) groups excluding carboxylic acids is 1. The summed E-state index contributed by atoms with van der Waals surface area (Å²) in [4.78, 5) is 26.3. The first kappa shape index (κ1) is 14.9. The number of hydrogen-bond donors (Lipinski definition) is 2. The normalized spacial score (nSPS) is 10.2. The van der Waals surface area contributed by atoms with Gasteiger partial charge in [-0.3, -0.25) is 14.6 Å². The molecule has 1 amide bonds. The molecule has 0 radical (unpaired) electrons. The number of amides is 1. The van der Waals surface area contributed by atoms with Gasteiger partial charge in [0.1, 0.15) is 0 Å². The third kappa shape index (κ3) is 3.76. The summed E-state index contributed by atoms with van der Waals surface area (Å²) in [5.74, 6) is -2.46. The van der Waals surface area contributed by atoms with Gasteiger partial charge in [0.2, 0.25) is 0 Å². The molecule has 0 unspecified atom stereocenters. The summed E-state index contributed by atoms with van der Waals surface area (Å²) in [5.41, 5.74) is 0.500. The van der Waals surface area contributed by atoms with E-state index in [2.05, 4.69) is 10.3 Å². The molecule has 1 heterocycles. The highest BCUT2D eigenvalue weighted by Crippen LogP contribution is 2.19. The van der Waals surface area contributed by atoms with E-state index in [0.717, 1.165) is 0 Å². The number of anilines is 1. The summed E-state index contributed by atoms with van der Waals surface area (Å²) in [6.07, 6.45) is 1.09. The molecule has 0 aliphatic carbocycles. The number of hydrogen-bond acceptors (Lipinski definition) is 3. The number of rotatable bonds is 4. The van der Waals surface area contributed by atoms with Gasteiger partial charge in [-0.1, -0.05) is 17.7 Å². The first-order chi connectivity index (χ1) is 9.97. The van der Waals surface area contributed by atoms with Gasteiger partial charge in [0.05, 0.1) is 34.6 Å². The number of carbonyl (C=O) groups is 2. The molecule has 108 valence electrons. The average Bonchev–Trinajstić information content (AvgIpc) is 2.43. The molecule has 1 aromatic carbocycles. The third-order valence-electron chi connectivity index (χ3n) is 2.61. The second-order valence-electron chi connectivity index (χ2n) is 4.16. The molecule has 2 aromatic rings. The lowest BCUT2D eigenvalue weighted by molar-refractivity contribution is -0.136. The molecule has 0 aliphatic heterocycles. The van der Waals surface area contributed by atoms with Crippen molar-refractivity contribution in [3.05, 3.63) is 58.6 Å². The Kier molecular flexibility index (Phi) is 4.49. The maximum absolute atomic E-state index is 13.7. The van der Waals surface area contributed by atoms with Crippen molar-refractivity contribution in [1.82, 2.24) is 4.98 Å². The van der Waals surface area contributed by atoms with Gasteiger partial charge in [0, 0.05) is 0 Å². The summed E-state index contributed by atoms with van der Waals surface area (Å²) < 4.78 is 13.7. The van der Waals surface area contributed by atoms with Gasteiger partial charge < -0.3 is 10.4 Å². The largest absolute Gasteiger partial charge is 0.481 e. The van der Waals surface area contributed by atoms with Gasteiger partial charge >= 0.3 is 5.97 Å². The SMILES string of the molecule is O=C(O)Cc1ccc(NC(=O)c2cccc(Cl)c2F)cn1. The monoisotopic (exact) mass is 308 g/mol. The molecule has 0 atom stereocenters. The zero-order chi connectivity index (χ0) is 15.4. The van der Waals surface area contributed by atoms with Gasteiger partial charge in [-0.25, -0.2) is 4.39 Å². The van der Waals surface area contributed by atoms with Crippen LogP contribution in [-0.4, -0.2) is 22.0 Å². The summed E-state index contributed by atoms with van der Waals surface area (Å²) in [6.45, 7) is 0. The molecule has 0 saturated heterocycles. The number of nitrogens with zero attached hydrogens (tertiary/aromatic N) is 1. The summed E-state index contributed by atoms with van der Waals surface area (Å²) in [6, 6.07) is 7.08. The molecular formula is C14H10ClFN2O3. The van der Waals surface area contributed by atoms with Crippen molar-refractivity contribution in [1.29, 1.82) is 0 Å². The molecule has 1 aromatic heterocycles. The summed E-state index contributed by atoms with van der Waals surface area (Å²) in [5, 5.41) is 10.9. The van der Waals surface area contributed by atoms with Crippen LogP contribution in [-0.2, 0) is 11.2 Å². The molecule has 0 aliphatic rings. The van der Waals surface area contributed by atoms with E-state index in [1.165, 1.54) is 36.5 Å². The Balaban J connectivity index is 2.12. The maximum atomic E-state index is 13.7. The van der Waals surface area contributed by atoms with Gasteiger partial charge in [-0.15, -0.1) is 0 Å². The van der Waals surface area contributed by atoms with Crippen molar-refractivity contribution in [2.75, 3.05) is 5.32 Å². The number of pyridine rings is 1. The number of carboxylic acid groups (broad SMARTS) is 1. The van der Waals surface area contributed by atoms with Gasteiger partial charge in [0.25, 0.3) is 5.91 Å². The van der Waals surface area contributed by atoms with Crippen molar-refractivity contribution < 1.29 is 19.1 Å². The molecule has 2 N–H and O–H groups in total. The van der Waals surface area contributed by atoms with Crippen LogP contribution in [0, 0.1) is 5.82 Å². The number of aliphatic carboxylic acids is 1. The van der Waals surface area contributed by atoms with Crippen LogP contribution in [0.25, 0.3) is 0 Å². The zero-order valence-electron chi connectivity index (χ0n) is 10.6. The van der Waals surface area contributed by atoms with Crippen LogP contribution in [0.2, 0.25) is 5.02 Å². The van der Waals surface area contributed by atoms with E-state index in [9.17, 15) is 14.0 Å². The Labute approximate surface area is 124 Å². The Morgan fingerprint density at radius 3 is 2.67 bits per heavy atom. The van der Waals surface area contributed by atoms with Crippen LogP contribution in [0.15, 0.2) is 36.5 Å². The lowest BCUT2D eigenvalue weighted by Crippen LogP contribution is -2.14. The average molecular weight is 309 g/mol. The smallest absolute Gasteiger partial charge is 0.309 e. The third-order valence-corrected chi connectivity index (χ3v) is 2.90. The van der Waals surface area contributed by atoms with Crippen LogP contribution in [0.1, 0.15) is 16.1 Å². The summed E-state index contributed by atoms with van der Waals surface area (Å²) >= 11 is 5.61. The van der Waals surface area contributed by atoms with Gasteiger partial charge in [-0.2, -0.15) is 0 Å². The lowest BCUT2D eigenvalue weighted by atomic mass is 10.2. The molecule has 21 heavy (non-hydrogen) atoms. The number of aromatic nitrogens is 1. The first-order valence-electron chi connectivity index (χ1n) is 5.89. The van der Waals surface area contributed by atoms with Crippen molar-refractivity contribution in [2.45, 2.75) is 6.42 Å². The van der Waals surface area contributed by atoms with E-state index >= 15 is 0 Å². The van der Waals surface area contributed by atoms with Crippen LogP contribution < -0.4 is 5.32 Å². The Morgan fingerprint density at radius 1 is 1.29 bits per heavy atom. The van der Waals surface area contributed by atoms with E-state index in [1.54, 1.807) is 0 Å². The van der Waals surface area contributed by atoms with Crippen LogP contribution in [0.3, 0.4) is 0 Å². The van der Waals surface area contributed by atoms with Crippen molar-refractivity contribution in [3.8, 4) is 0 Å². The molecule has 7 heteroatoms. The molecule has 0 fully saturated rings. The topological polar surface area (TPSA) is 79.3 Å². The van der Waals surface area contributed by atoms with E-state index in [1.807, 2.05) is 0 Å². The standard InChI is InChI=1S/C14H10ClFN2O3/c15-11-3-1-2-10(13(11)16)14(21)18-9-5-4-8(17-7-9)6-12(19)20/h1-5,7H,6H2,(H,18,21)(H,19,20). The number of nitrogens with one attached hydrogen (secondary N) is 1. The molecular weight excluding hydrogens is 299 g/mol. The fourth-order valence-electron chi connectivity index (χ4n) is 1.64. The quantitative estimate of drug-likeness (QED) is 0.910. The Hall–Kier alpha value is -2.47. The molecule has 0 spiro atoms.